The predicted molar refractivity (Wildman–Crippen MR) is 121 cm³/mol. The summed E-state index contributed by atoms with van der Waals surface area (Å²) in [4.78, 5) is 14.1. The summed E-state index contributed by atoms with van der Waals surface area (Å²) in [5.74, 6) is -0.252. The van der Waals surface area contributed by atoms with Gasteiger partial charge in [-0.1, -0.05) is 36.4 Å². The summed E-state index contributed by atoms with van der Waals surface area (Å²) in [5, 5.41) is 9.49. The number of hydrogen-bond acceptors (Lipinski definition) is 5. The van der Waals surface area contributed by atoms with Crippen LogP contribution in [0.1, 0.15) is 15.9 Å². The van der Waals surface area contributed by atoms with Crippen LogP contribution in [0.25, 0.3) is 16.3 Å². The molecule has 0 saturated carbocycles. The minimum atomic E-state index is -3.49. The molecule has 0 saturated heterocycles. The molecule has 0 atom stereocenters. The number of sulfonamides is 1. The Labute approximate surface area is 184 Å². The molecule has 9 heteroatoms. The predicted octanol–water partition coefficient (Wildman–Crippen LogP) is 3.44. The summed E-state index contributed by atoms with van der Waals surface area (Å²) in [6.45, 7) is 0.263. The molecule has 2 aromatic carbocycles. The third-order valence-corrected chi connectivity index (χ3v) is 7.00. The maximum atomic E-state index is 13.0. The van der Waals surface area contributed by atoms with Gasteiger partial charge in [-0.25, -0.2) is 17.8 Å². The molecule has 31 heavy (non-hydrogen) atoms. The Morgan fingerprint density at radius 1 is 1.03 bits per heavy atom. The molecule has 158 valence electrons. The van der Waals surface area contributed by atoms with E-state index in [9.17, 15) is 13.2 Å². The standard InChI is InChI=1S/C22H20N4O3S2/c1-23-31(28,29)18-11-9-16(10-12-18)14-24-22(27)19-15-26(17-6-3-2-4-7-17)25-21(19)20-8-5-13-30-20/h2-13,15,23H,14H2,1H3,(H,24,27). The van der Waals surface area contributed by atoms with Crippen molar-refractivity contribution in [2.75, 3.05) is 7.05 Å². The largest absolute Gasteiger partial charge is 0.348 e. The second-order valence-electron chi connectivity index (χ2n) is 6.68. The van der Waals surface area contributed by atoms with Gasteiger partial charge in [-0.15, -0.1) is 11.3 Å². The van der Waals surface area contributed by atoms with Gasteiger partial charge in [0.15, 0.2) is 0 Å². The number of nitrogens with one attached hydrogen (secondary N) is 2. The Balaban J connectivity index is 1.56. The number of thiophene rings is 1. The zero-order valence-electron chi connectivity index (χ0n) is 16.6. The van der Waals surface area contributed by atoms with Gasteiger partial charge < -0.3 is 5.32 Å². The molecular weight excluding hydrogens is 432 g/mol. The first-order valence-electron chi connectivity index (χ1n) is 9.47. The summed E-state index contributed by atoms with van der Waals surface area (Å²) in [6, 6.07) is 19.8. The summed E-state index contributed by atoms with van der Waals surface area (Å²) in [7, 11) is -2.13. The summed E-state index contributed by atoms with van der Waals surface area (Å²) in [6.07, 6.45) is 1.72. The van der Waals surface area contributed by atoms with E-state index in [0.29, 0.717) is 11.3 Å². The molecule has 4 rings (SSSR count). The van der Waals surface area contributed by atoms with Crippen molar-refractivity contribution < 1.29 is 13.2 Å². The van der Waals surface area contributed by atoms with Crippen LogP contribution in [0.2, 0.25) is 0 Å². The molecule has 0 unspecified atom stereocenters. The summed E-state index contributed by atoms with van der Waals surface area (Å²) < 4.78 is 27.7. The molecule has 2 N–H and O–H groups in total. The lowest BCUT2D eigenvalue weighted by molar-refractivity contribution is 0.0951. The lowest BCUT2D eigenvalue weighted by Crippen LogP contribution is -2.23. The number of nitrogens with zero attached hydrogens (tertiary/aromatic N) is 2. The maximum Gasteiger partial charge on any atom is 0.255 e. The van der Waals surface area contributed by atoms with Gasteiger partial charge in [0.2, 0.25) is 10.0 Å². The number of carbonyl (C=O) groups is 1. The number of amides is 1. The van der Waals surface area contributed by atoms with Crippen LogP contribution < -0.4 is 10.0 Å². The molecule has 0 bridgehead atoms. The zero-order chi connectivity index (χ0) is 21.8. The molecule has 0 aliphatic heterocycles. The van der Waals surface area contributed by atoms with Crippen molar-refractivity contribution in [1.29, 1.82) is 0 Å². The number of hydrogen-bond donors (Lipinski definition) is 2. The highest BCUT2D eigenvalue weighted by Gasteiger charge is 2.19. The highest BCUT2D eigenvalue weighted by molar-refractivity contribution is 7.89. The summed E-state index contributed by atoms with van der Waals surface area (Å²) in [5.41, 5.74) is 2.74. The van der Waals surface area contributed by atoms with E-state index in [2.05, 4.69) is 15.1 Å². The fourth-order valence-corrected chi connectivity index (χ4v) is 4.48. The highest BCUT2D eigenvalue weighted by Crippen LogP contribution is 2.27. The van der Waals surface area contributed by atoms with Gasteiger partial charge in [0.1, 0.15) is 5.69 Å². The van der Waals surface area contributed by atoms with Crippen molar-refractivity contribution >= 4 is 27.3 Å². The van der Waals surface area contributed by atoms with E-state index in [0.717, 1.165) is 16.1 Å². The Bertz CT molecular complexity index is 1280. The second-order valence-corrected chi connectivity index (χ2v) is 9.52. The van der Waals surface area contributed by atoms with Gasteiger partial charge in [-0.3, -0.25) is 4.79 Å². The average Bonchev–Trinajstić information content (AvgIpc) is 3.48. The van der Waals surface area contributed by atoms with E-state index >= 15 is 0 Å². The molecule has 4 aromatic rings. The normalized spacial score (nSPS) is 11.4. The van der Waals surface area contributed by atoms with E-state index < -0.39 is 10.0 Å². The molecule has 0 aliphatic carbocycles. The van der Waals surface area contributed by atoms with Gasteiger partial charge in [0, 0.05) is 12.7 Å². The Hall–Kier alpha value is -3.27. The van der Waals surface area contributed by atoms with Crippen LogP contribution in [0.4, 0.5) is 0 Å². The molecule has 0 aliphatic rings. The average molecular weight is 453 g/mol. The number of aromatic nitrogens is 2. The van der Waals surface area contributed by atoms with Crippen LogP contribution in [-0.2, 0) is 16.6 Å². The monoisotopic (exact) mass is 452 g/mol. The van der Waals surface area contributed by atoms with Crippen LogP contribution in [0.3, 0.4) is 0 Å². The van der Waals surface area contributed by atoms with Gasteiger partial charge in [-0.05, 0) is 48.3 Å². The lowest BCUT2D eigenvalue weighted by atomic mass is 10.2. The van der Waals surface area contributed by atoms with Crippen molar-refractivity contribution in [3.63, 3.8) is 0 Å². The minimum Gasteiger partial charge on any atom is -0.348 e. The van der Waals surface area contributed by atoms with Gasteiger partial charge >= 0.3 is 0 Å². The molecule has 0 fully saturated rings. The van der Waals surface area contributed by atoms with Crippen LogP contribution in [0, 0.1) is 0 Å². The van der Waals surface area contributed by atoms with Crippen molar-refractivity contribution in [1.82, 2.24) is 19.8 Å². The first-order valence-corrected chi connectivity index (χ1v) is 11.8. The maximum absolute atomic E-state index is 13.0. The van der Waals surface area contributed by atoms with E-state index in [4.69, 9.17) is 0 Å². The Kier molecular flexibility index (Phi) is 5.99. The van der Waals surface area contributed by atoms with Crippen molar-refractivity contribution in [2.24, 2.45) is 0 Å². The summed E-state index contributed by atoms with van der Waals surface area (Å²) >= 11 is 1.52. The van der Waals surface area contributed by atoms with Crippen LogP contribution in [-0.4, -0.2) is 31.2 Å². The van der Waals surface area contributed by atoms with Crippen molar-refractivity contribution in [3.05, 3.63) is 89.4 Å². The first kappa shape index (κ1) is 21.0. The van der Waals surface area contributed by atoms with Gasteiger partial charge in [-0.2, -0.15) is 5.10 Å². The number of rotatable bonds is 7. The lowest BCUT2D eigenvalue weighted by Gasteiger charge is -2.07. The van der Waals surface area contributed by atoms with E-state index in [-0.39, 0.29) is 17.3 Å². The molecule has 1 amide bonds. The van der Waals surface area contributed by atoms with E-state index in [1.807, 2.05) is 47.8 Å². The fraction of sp³-hybridized carbons (Fsp3) is 0.0909. The smallest absolute Gasteiger partial charge is 0.255 e. The van der Waals surface area contributed by atoms with Crippen molar-refractivity contribution in [3.8, 4) is 16.3 Å². The van der Waals surface area contributed by atoms with Crippen LogP contribution in [0.15, 0.2) is 83.2 Å². The SMILES string of the molecule is CNS(=O)(=O)c1ccc(CNC(=O)c2cn(-c3ccccc3)nc2-c2cccs2)cc1. The van der Waals surface area contributed by atoms with Gasteiger partial charge in [0.25, 0.3) is 5.91 Å². The third-order valence-electron chi connectivity index (χ3n) is 4.69. The van der Waals surface area contributed by atoms with Crippen molar-refractivity contribution in [2.45, 2.75) is 11.4 Å². The van der Waals surface area contributed by atoms with Crippen LogP contribution in [0.5, 0.6) is 0 Å². The van der Waals surface area contributed by atoms with E-state index in [1.165, 1.54) is 30.5 Å². The number of carbonyl (C=O) groups excluding carboxylic acids is 1. The van der Waals surface area contributed by atoms with Crippen LogP contribution >= 0.6 is 11.3 Å². The first-order chi connectivity index (χ1) is 15.0. The molecule has 2 heterocycles. The zero-order valence-corrected chi connectivity index (χ0v) is 18.3. The molecule has 7 nitrogen and oxygen atoms in total. The topological polar surface area (TPSA) is 93.1 Å². The molecular formula is C22H20N4O3S2. The number of para-hydroxylation sites is 1. The quantitative estimate of drug-likeness (QED) is 0.449. The highest BCUT2D eigenvalue weighted by atomic mass is 32.2. The third kappa shape index (κ3) is 4.58. The number of benzene rings is 2. The van der Waals surface area contributed by atoms with Gasteiger partial charge in [0.05, 0.1) is 21.0 Å². The Morgan fingerprint density at radius 2 is 1.77 bits per heavy atom. The second kappa shape index (κ2) is 8.84. The van der Waals surface area contributed by atoms with E-state index in [1.54, 1.807) is 23.0 Å². The molecule has 0 radical (unpaired) electrons. The molecule has 0 spiro atoms. The Morgan fingerprint density at radius 3 is 2.42 bits per heavy atom. The molecule has 2 aromatic heterocycles. The fourth-order valence-electron chi connectivity index (χ4n) is 3.03. The minimum absolute atomic E-state index is 0.175.